The molecule has 0 aliphatic carbocycles. The Kier molecular flexibility index (Phi) is 2.17. The van der Waals surface area contributed by atoms with E-state index in [2.05, 4.69) is 6.07 Å². The molecule has 0 aliphatic heterocycles. The molecule has 0 fully saturated rings. The van der Waals surface area contributed by atoms with E-state index in [-0.39, 0.29) is 0 Å². The summed E-state index contributed by atoms with van der Waals surface area (Å²) in [6.07, 6.45) is 0. The number of anilines is 1. The lowest BCUT2D eigenvalue weighted by Crippen LogP contribution is -2.07. The van der Waals surface area contributed by atoms with Gasteiger partial charge in [0.25, 0.3) is 0 Å². The summed E-state index contributed by atoms with van der Waals surface area (Å²) in [6.45, 7) is 0. The topological polar surface area (TPSA) is 3.24 Å². The van der Waals surface area contributed by atoms with E-state index in [1.807, 2.05) is 31.1 Å². The van der Waals surface area contributed by atoms with Gasteiger partial charge < -0.3 is 4.90 Å². The Labute approximate surface area is 66.2 Å². The van der Waals surface area contributed by atoms with Gasteiger partial charge in [-0.3, -0.25) is 0 Å². The zero-order valence-corrected chi connectivity index (χ0v) is 6.81. The Bertz CT molecular complexity index is 203. The molecule has 1 rings (SSSR count). The van der Waals surface area contributed by atoms with Crippen molar-refractivity contribution in [1.29, 1.82) is 0 Å². The largest absolute Gasteiger partial charge is 0.377 e. The average molecular weight is 155 g/mol. The number of halogens is 1. The number of benzene rings is 1. The van der Waals surface area contributed by atoms with Gasteiger partial charge in [-0.1, -0.05) is 11.6 Å². The first-order valence-corrected chi connectivity index (χ1v) is 3.42. The van der Waals surface area contributed by atoms with Crippen molar-refractivity contribution in [3.63, 3.8) is 0 Å². The van der Waals surface area contributed by atoms with Crippen molar-refractivity contribution in [2.75, 3.05) is 19.0 Å². The molecule has 0 saturated heterocycles. The van der Waals surface area contributed by atoms with Gasteiger partial charge in [-0.2, -0.15) is 0 Å². The van der Waals surface area contributed by atoms with Crippen LogP contribution in [-0.4, -0.2) is 14.1 Å². The summed E-state index contributed by atoms with van der Waals surface area (Å²) in [6, 6.07) is 8.58. The zero-order valence-electron chi connectivity index (χ0n) is 6.06. The van der Waals surface area contributed by atoms with Crippen molar-refractivity contribution < 1.29 is 0 Å². The molecule has 0 heterocycles. The molecule has 53 valence electrons. The van der Waals surface area contributed by atoms with Gasteiger partial charge in [0.15, 0.2) is 0 Å². The van der Waals surface area contributed by atoms with Crippen molar-refractivity contribution in [3.05, 3.63) is 29.3 Å². The first-order chi connectivity index (χ1) is 4.70. The minimum absolute atomic E-state index is 0.727. The molecule has 0 saturated carbocycles. The van der Waals surface area contributed by atoms with Gasteiger partial charge in [-0.15, -0.1) is 0 Å². The molecule has 10 heavy (non-hydrogen) atoms. The quantitative estimate of drug-likeness (QED) is 0.600. The van der Waals surface area contributed by atoms with Gasteiger partial charge in [0.1, 0.15) is 0 Å². The van der Waals surface area contributed by atoms with Crippen molar-refractivity contribution in [3.8, 4) is 0 Å². The highest BCUT2D eigenvalue weighted by molar-refractivity contribution is 6.30. The van der Waals surface area contributed by atoms with Gasteiger partial charge in [-0.05, 0) is 18.2 Å². The Balaban J connectivity index is 2.89. The highest BCUT2D eigenvalue weighted by Gasteiger charge is 1.92. The molecule has 0 aliphatic rings. The first kappa shape index (κ1) is 7.42. The third-order valence-electron chi connectivity index (χ3n) is 1.24. The van der Waals surface area contributed by atoms with Crippen LogP contribution in [0.1, 0.15) is 0 Å². The van der Waals surface area contributed by atoms with E-state index in [9.17, 15) is 0 Å². The van der Waals surface area contributed by atoms with Crippen LogP contribution in [-0.2, 0) is 0 Å². The lowest BCUT2D eigenvalue weighted by molar-refractivity contribution is 1.13. The third-order valence-corrected chi connectivity index (χ3v) is 1.48. The second-order valence-corrected chi connectivity index (χ2v) is 2.72. The van der Waals surface area contributed by atoms with E-state index >= 15 is 0 Å². The minimum atomic E-state index is 0.727. The molecule has 0 atom stereocenters. The van der Waals surface area contributed by atoms with E-state index in [1.54, 1.807) is 6.07 Å². The summed E-state index contributed by atoms with van der Waals surface area (Å²) in [5.41, 5.74) is 1.05. The summed E-state index contributed by atoms with van der Waals surface area (Å²) in [5, 5.41) is 0.727. The maximum Gasteiger partial charge on any atom is 0.0442 e. The fourth-order valence-corrected chi connectivity index (χ4v) is 0.793. The number of hydrogen-bond acceptors (Lipinski definition) is 1. The minimum Gasteiger partial charge on any atom is -0.377 e. The molecular weight excluding hydrogens is 146 g/mol. The predicted octanol–water partition coefficient (Wildman–Crippen LogP) is 2.21. The van der Waals surface area contributed by atoms with E-state index < -0.39 is 0 Å². The monoisotopic (exact) mass is 154 g/mol. The number of hydrogen-bond donors (Lipinski definition) is 0. The van der Waals surface area contributed by atoms with Crippen LogP contribution in [0.25, 0.3) is 0 Å². The molecule has 0 amide bonds. The summed E-state index contributed by atoms with van der Waals surface area (Å²) in [4.78, 5) is 1.98. The van der Waals surface area contributed by atoms with Crippen LogP contribution >= 0.6 is 11.6 Å². The summed E-state index contributed by atoms with van der Waals surface area (Å²) < 4.78 is 0. The van der Waals surface area contributed by atoms with Gasteiger partial charge in [0.2, 0.25) is 0 Å². The Morgan fingerprint density at radius 3 is 2.50 bits per heavy atom. The van der Waals surface area contributed by atoms with Crippen molar-refractivity contribution in [1.82, 2.24) is 0 Å². The maximum absolute atomic E-state index is 5.67. The molecule has 0 aromatic heterocycles. The average Bonchev–Trinajstić information content (AvgIpc) is 1.88. The highest BCUT2D eigenvalue weighted by Crippen LogP contribution is 2.14. The molecule has 1 aromatic carbocycles. The fourth-order valence-electron chi connectivity index (χ4n) is 0.676. The normalized spacial score (nSPS) is 9.50. The van der Waals surface area contributed by atoms with Crippen LogP contribution < -0.4 is 4.90 Å². The van der Waals surface area contributed by atoms with Crippen molar-refractivity contribution >= 4 is 17.3 Å². The first-order valence-electron chi connectivity index (χ1n) is 3.05. The summed E-state index contributed by atoms with van der Waals surface area (Å²) >= 11 is 5.67. The van der Waals surface area contributed by atoms with E-state index in [4.69, 9.17) is 11.6 Å². The van der Waals surface area contributed by atoms with E-state index in [1.165, 1.54) is 0 Å². The lowest BCUT2D eigenvalue weighted by Gasteiger charge is -2.10. The van der Waals surface area contributed by atoms with Crippen LogP contribution in [0, 0.1) is 6.07 Å². The lowest BCUT2D eigenvalue weighted by atomic mass is 10.3. The van der Waals surface area contributed by atoms with Gasteiger partial charge in [0, 0.05) is 30.9 Å². The maximum atomic E-state index is 5.67. The van der Waals surface area contributed by atoms with Gasteiger partial charge in [-0.25, -0.2) is 0 Å². The molecule has 0 N–H and O–H groups in total. The van der Waals surface area contributed by atoms with Crippen LogP contribution in [0.15, 0.2) is 18.2 Å². The number of rotatable bonds is 1. The summed E-state index contributed by atoms with van der Waals surface area (Å²) in [5.74, 6) is 0. The van der Waals surface area contributed by atoms with Crippen LogP contribution in [0.5, 0.6) is 0 Å². The van der Waals surface area contributed by atoms with E-state index in [0.29, 0.717) is 0 Å². The SMILES string of the molecule is CN(C)c1[c]cc(Cl)cc1. The molecule has 0 spiro atoms. The second-order valence-electron chi connectivity index (χ2n) is 2.29. The molecular formula is C8H9ClN. The molecule has 2 heteroatoms. The van der Waals surface area contributed by atoms with Crippen molar-refractivity contribution in [2.45, 2.75) is 0 Å². The summed E-state index contributed by atoms with van der Waals surface area (Å²) in [7, 11) is 3.94. The molecule has 1 radical (unpaired) electrons. The zero-order chi connectivity index (χ0) is 7.56. The standard InChI is InChI=1S/C8H9ClN/c1-10(2)8-5-3-7(9)4-6-8/h3-5H,1-2H3. The molecule has 0 bridgehead atoms. The predicted molar refractivity (Wildman–Crippen MR) is 44.6 cm³/mol. The second kappa shape index (κ2) is 2.93. The Morgan fingerprint density at radius 2 is 2.10 bits per heavy atom. The Morgan fingerprint density at radius 1 is 1.40 bits per heavy atom. The molecule has 1 nitrogen and oxygen atoms in total. The van der Waals surface area contributed by atoms with E-state index in [0.717, 1.165) is 10.7 Å². The molecule has 0 unspecified atom stereocenters. The van der Waals surface area contributed by atoms with Crippen LogP contribution in [0.4, 0.5) is 5.69 Å². The Hall–Kier alpha value is -0.690. The molecule has 1 aromatic rings. The smallest absolute Gasteiger partial charge is 0.0442 e. The van der Waals surface area contributed by atoms with Gasteiger partial charge >= 0.3 is 0 Å². The van der Waals surface area contributed by atoms with Crippen molar-refractivity contribution in [2.24, 2.45) is 0 Å². The number of nitrogens with zero attached hydrogens (tertiary/aromatic N) is 1. The third kappa shape index (κ3) is 1.64. The van der Waals surface area contributed by atoms with Crippen LogP contribution in [0.3, 0.4) is 0 Å². The van der Waals surface area contributed by atoms with Gasteiger partial charge in [0.05, 0.1) is 0 Å². The highest BCUT2D eigenvalue weighted by atomic mass is 35.5. The van der Waals surface area contributed by atoms with Crippen LogP contribution in [0.2, 0.25) is 5.02 Å². The fraction of sp³-hybridized carbons (Fsp3) is 0.250.